The maximum absolute atomic E-state index is 5.21. The summed E-state index contributed by atoms with van der Waals surface area (Å²) in [4.78, 5) is 0. The Morgan fingerprint density at radius 1 is 1.31 bits per heavy atom. The molecule has 1 saturated heterocycles. The highest BCUT2D eigenvalue weighted by molar-refractivity contribution is 8.00. The maximum Gasteiger partial charge on any atom is 0.0608 e. The smallest absolute Gasteiger partial charge is 0.0608 e. The molecule has 0 radical (unpaired) electrons. The van der Waals surface area contributed by atoms with Crippen LogP contribution in [0, 0.1) is 0 Å². The van der Waals surface area contributed by atoms with Gasteiger partial charge in [-0.15, -0.1) is 11.8 Å². The summed E-state index contributed by atoms with van der Waals surface area (Å²) in [5.74, 6) is 0. The Hall–Kier alpha value is -0.510. The molecule has 1 fully saturated rings. The lowest BCUT2D eigenvalue weighted by atomic mass is 10.0. The van der Waals surface area contributed by atoms with Crippen molar-refractivity contribution in [3.63, 3.8) is 0 Å². The third kappa shape index (κ3) is 2.78. The molecule has 1 aliphatic rings. The molecule has 0 amide bonds. The van der Waals surface area contributed by atoms with E-state index in [0.29, 0.717) is 16.5 Å². The van der Waals surface area contributed by atoms with Crippen LogP contribution in [0.15, 0.2) is 30.3 Å². The molecule has 1 aromatic rings. The van der Waals surface area contributed by atoms with Crippen LogP contribution in [-0.4, -0.2) is 30.8 Å². The Morgan fingerprint density at radius 2 is 2.00 bits per heavy atom. The topological polar surface area (TPSA) is 21.3 Å². The van der Waals surface area contributed by atoms with Crippen molar-refractivity contribution < 1.29 is 4.74 Å². The number of ether oxygens (including phenoxy) is 1. The fraction of sp³-hybridized carbons (Fsp3) is 0.538. The van der Waals surface area contributed by atoms with Gasteiger partial charge in [-0.1, -0.05) is 37.3 Å². The van der Waals surface area contributed by atoms with Crippen LogP contribution in [0.1, 0.15) is 18.5 Å². The third-order valence-corrected chi connectivity index (χ3v) is 4.31. The van der Waals surface area contributed by atoms with Crippen molar-refractivity contribution in [2.45, 2.75) is 23.5 Å². The molecule has 2 atom stereocenters. The van der Waals surface area contributed by atoms with Crippen molar-refractivity contribution in [3.8, 4) is 0 Å². The minimum absolute atomic E-state index is 0.423. The van der Waals surface area contributed by atoms with Gasteiger partial charge in [-0.25, -0.2) is 0 Å². The second-order valence-corrected chi connectivity index (χ2v) is 5.86. The van der Waals surface area contributed by atoms with E-state index in [9.17, 15) is 0 Å². The van der Waals surface area contributed by atoms with E-state index in [1.807, 2.05) is 18.8 Å². The van der Waals surface area contributed by atoms with Crippen LogP contribution in [-0.2, 0) is 4.74 Å². The van der Waals surface area contributed by atoms with Crippen LogP contribution in [0.25, 0.3) is 0 Å². The average Bonchev–Trinajstić information content (AvgIpc) is 2.26. The van der Waals surface area contributed by atoms with Gasteiger partial charge in [-0.05, 0) is 12.6 Å². The van der Waals surface area contributed by atoms with E-state index in [1.54, 1.807) is 0 Å². The average molecular weight is 237 g/mol. The molecule has 1 aliphatic heterocycles. The first-order valence-electron chi connectivity index (χ1n) is 5.76. The van der Waals surface area contributed by atoms with Crippen molar-refractivity contribution in [3.05, 3.63) is 35.9 Å². The Kier molecular flexibility index (Phi) is 4.27. The van der Waals surface area contributed by atoms with Gasteiger partial charge in [0, 0.05) is 11.3 Å². The van der Waals surface area contributed by atoms with Crippen molar-refractivity contribution in [2.24, 2.45) is 0 Å². The molecule has 0 saturated carbocycles. The first-order valence-corrected chi connectivity index (χ1v) is 6.71. The lowest BCUT2D eigenvalue weighted by molar-refractivity contribution is 0.0452. The number of benzene rings is 1. The minimum Gasteiger partial charge on any atom is -0.379 e. The molecule has 2 nitrogen and oxygen atoms in total. The van der Waals surface area contributed by atoms with Crippen molar-refractivity contribution in [1.82, 2.24) is 5.32 Å². The Balaban J connectivity index is 1.98. The molecule has 2 rings (SSSR count). The Labute approximate surface area is 102 Å². The summed E-state index contributed by atoms with van der Waals surface area (Å²) in [7, 11) is 2.03. The maximum atomic E-state index is 5.21. The number of thioether (sulfide) groups is 1. The van der Waals surface area contributed by atoms with Crippen molar-refractivity contribution in [1.29, 1.82) is 0 Å². The largest absolute Gasteiger partial charge is 0.379 e. The highest BCUT2D eigenvalue weighted by atomic mass is 32.2. The number of rotatable bonds is 5. The summed E-state index contributed by atoms with van der Waals surface area (Å²) in [6.45, 7) is 4.12. The van der Waals surface area contributed by atoms with E-state index in [1.165, 1.54) is 5.56 Å². The predicted molar refractivity (Wildman–Crippen MR) is 69.9 cm³/mol. The SMILES string of the molecule is CNC(c1ccccc1)C(C)SC1COC1. The van der Waals surface area contributed by atoms with Crippen LogP contribution in [0.2, 0.25) is 0 Å². The zero-order valence-corrected chi connectivity index (χ0v) is 10.7. The van der Waals surface area contributed by atoms with Gasteiger partial charge in [0.25, 0.3) is 0 Å². The zero-order valence-electron chi connectivity index (χ0n) is 9.85. The van der Waals surface area contributed by atoms with E-state index >= 15 is 0 Å². The van der Waals surface area contributed by atoms with Crippen molar-refractivity contribution >= 4 is 11.8 Å². The molecule has 0 aliphatic carbocycles. The van der Waals surface area contributed by atoms with E-state index in [0.717, 1.165) is 13.2 Å². The lowest BCUT2D eigenvalue weighted by Crippen LogP contribution is -2.35. The first kappa shape index (κ1) is 12.0. The van der Waals surface area contributed by atoms with Gasteiger partial charge in [0.2, 0.25) is 0 Å². The van der Waals surface area contributed by atoms with Crippen LogP contribution < -0.4 is 5.32 Å². The van der Waals surface area contributed by atoms with E-state index in [-0.39, 0.29) is 0 Å². The molecule has 1 N–H and O–H groups in total. The molecule has 1 heterocycles. The summed E-state index contributed by atoms with van der Waals surface area (Å²) in [6, 6.07) is 11.1. The highest BCUT2D eigenvalue weighted by Gasteiger charge is 2.26. The molecule has 2 unspecified atom stereocenters. The molecule has 0 aromatic heterocycles. The number of hydrogen-bond acceptors (Lipinski definition) is 3. The molecule has 88 valence electrons. The number of hydrogen-bond donors (Lipinski definition) is 1. The number of nitrogens with one attached hydrogen (secondary N) is 1. The second-order valence-electron chi connectivity index (χ2n) is 4.18. The standard InChI is InChI=1S/C13H19NOS/c1-10(16-12-8-15-9-12)13(14-2)11-6-4-3-5-7-11/h3-7,10,12-14H,8-9H2,1-2H3. The van der Waals surface area contributed by atoms with E-state index < -0.39 is 0 Å². The second kappa shape index (κ2) is 5.71. The van der Waals surface area contributed by atoms with Gasteiger partial charge in [0.1, 0.15) is 0 Å². The van der Waals surface area contributed by atoms with Gasteiger partial charge >= 0.3 is 0 Å². The molecule has 3 heteroatoms. The Morgan fingerprint density at radius 3 is 2.50 bits per heavy atom. The van der Waals surface area contributed by atoms with Crippen LogP contribution in [0.4, 0.5) is 0 Å². The van der Waals surface area contributed by atoms with E-state index in [2.05, 4.69) is 42.6 Å². The summed E-state index contributed by atoms with van der Waals surface area (Å²) in [5, 5.41) is 4.67. The molecular formula is C13H19NOS. The molecule has 0 spiro atoms. The molecule has 16 heavy (non-hydrogen) atoms. The van der Waals surface area contributed by atoms with Gasteiger partial charge < -0.3 is 10.1 Å². The van der Waals surface area contributed by atoms with Crippen LogP contribution >= 0.6 is 11.8 Å². The minimum atomic E-state index is 0.423. The highest BCUT2D eigenvalue weighted by Crippen LogP contribution is 2.31. The van der Waals surface area contributed by atoms with Gasteiger partial charge in [0.05, 0.1) is 18.5 Å². The van der Waals surface area contributed by atoms with E-state index in [4.69, 9.17) is 4.74 Å². The lowest BCUT2D eigenvalue weighted by Gasteiger charge is -2.31. The van der Waals surface area contributed by atoms with Crippen LogP contribution in [0.5, 0.6) is 0 Å². The fourth-order valence-corrected chi connectivity index (χ4v) is 3.41. The summed E-state index contributed by atoms with van der Waals surface area (Å²) < 4.78 is 5.21. The molecule has 1 aromatic carbocycles. The van der Waals surface area contributed by atoms with Gasteiger partial charge in [-0.3, -0.25) is 0 Å². The third-order valence-electron chi connectivity index (χ3n) is 2.95. The quantitative estimate of drug-likeness (QED) is 0.850. The van der Waals surface area contributed by atoms with Gasteiger partial charge in [-0.2, -0.15) is 0 Å². The summed E-state index contributed by atoms with van der Waals surface area (Å²) >= 11 is 2.03. The fourth-order valence-electron chi connectivity index (χ4n) is 2.01. The summed E-state index contributed by atoms with van der Waals surface area (Å²) in [6.07, 6.45) is 0. The normalized spacial score (nSPS) is 20.1. The Bertz CT molecular complexity index is 313. The van der Waals surface area contributed by atoms with Crippen LogP contribution in [0.3, 0.4) is 0 Å². The monoisotopic (exact) mass is 237 g/mol. The first-order chi connectivity index (χ1) is 7.81. The van der Waals surface area contributed by atoms with Gasteiger partial charge in [0.15, 0.2) is 0 Å². The van der Waals surface area contributed by atoms with Crippen molar-refractivity contribution in [2.75, 3.05) is 20.3 Å². The molecule has 0 bridgehead atoms. The molecular weight excluding hydrogens is 218 g/mol. The summed E-state index contributed by atoms with van der Waals surface area (Å²) in [5.41, 5.74) is 1.37. The predicted octanol–water partition coefficient (Wildman–Crippen LogP) is 2.47. The zero-order chi connectivity index (χ0) is 11.4.